The number of hydrogen-bond acceptors (Lipinski definition) is 5. The molecule has 2 N–H and O–H groups in total. The Morgan fingerprint density at radius 3 is 2.91 bits per heavy atom. The quantitative estimate of drug-likeness (QED) is 0.870. The number of carbonyl (C=O) groups excluding carboxylic acids is 1. The summed E-state index contributed by atoms with van der Waals surface area (Å²) in [4.78, 5) is 17.0. The van der Waals surface area contributed by atoms with Gasteiger partial charge in [-0.2, -0.15) is 5.10 Å². The lowest BCUT2D eigenvalue weighted by Gasteiger charge is -2.35. The number of piperazine rings is 1. The van der Waals surface area contributed by atoms with Gasteiger partial charge in [0.2, 0.25) is 0 Å². The predicted octanol–water partition coefficient (Wildman–Crippen LogP) is 1.08. The number of H-pyrrole nitrogens is 1. The number of aromatic nitrogens is 2. The van der Waals surface area contributed by atoms with E-state index in [1.54, 1.807) is 11.3 Å². The first-order valence-electron chi connectivity index (χ1n) is 7.67. The molecule has 22 heavy (non-hydrogen) atoms. The second-order valence-corrected chi connectivity index (χ2v) is 6.61. The monoisotopic (exact) mass is 317 g/mol. The fraction of sp³-hybridized carbons (Fsp3) is 0.467. The molecule has 4 heterocycles. The molecule has 116 valence electrons. The van der Waals surface area contributed by atoms with Gasteiger partial charge in [0.05, 0.1) is 5.00 Å². The molecule has 0 saturated carbocycles. The van der Waals surface area contributed by atoms with Crippen LogP contribution < -0.4 is 10.2 Å². The van der Waals surface area contributed by atoms with E-state index in [0.717, 1.165) is 56.9 Å². The van der Waals surface area contributed by atoms with Crippen molar-refractivity contribution in [2.24, 2.45) is 0 Å². The molecule has 0 atom stereocenters. The third kappa shape index (κ3) is 2.40. The van der Waals surface area contributed by atoms with Gasteiger partial charge < -0.3 is 15.1 Å². The van der Waals surface area contributed by atoms with Gasteiger partial charge in [-0.3, -0.25) is 9.89 Å². The van der Waals surface area contributed by atoms with E-state index in [2.05, 4.69) is 37.9 Å². The van der Waals surface area contributed by atoms with Gasteiger partial charge in [0.1, 0.15) is 0 Å². The highest BCUT2D eigenvalue weighted by molar-refractivity contribution is 7.14. The number of rotatable bonds is 2. The third-order valence-electron chi connectivity index (χ3n) is 4.39. The van der Waals surface area contributed by atoms with E-state index in [9.17, 15) is 4.79 Å². The maximum Gasteiger partial charge on any atom is 0.274 e. The van der Waals surface area contributed by atoms with Gasteiger partial charge in [-0.1, -0.05) is 0 Å². The Morgan fingerprint density at radius 1 is 1.27 bits per heavy atom. The predicted molar refractivity (Wildman–Crippen MR) is 86.4 cm³/mol. The van der Waals surface area contributed by atoms with Crippen LogP contribution >= 0.6 is 11.3 Å². The molecule has 0 aromatic carbocycles. The molecule has 6 nitrogen and oxygen atoms in total. The van der Waals surface area contributed by atoms with Crippen molar-refractivity contribution < 1.29 is 4.79 Å². The SMILES string of the molecule is O=C(c1n[nH]c2c1CNCC2)N1CCN(c2cccs2)CC1. The Bertz CT molecular complexity index is 658. The number of anilines is 1. The summed E-state index contributed by atoms with van der Waals surface area (Å²) in [6.45, 7) is 4.97. The summed E-state index contributed by atoms with van der Waals surface area (Å²) in [5, 5.41) is 14.0. The third-order valence-corrected chi connectivity index (χ3v) is 5.32. The number of thiophene rings is 1. The first kappa shape index (κ1) is 13.8. The zero-order chi connectivity index (χ0) is 14.9. The molecule has 7 heteroatoms. The molecule has 2 aromatic heterocycles. The van der Waals surface area contributed by atoms with Gasteiger partial charge >= 0.3 is 0 Å². The lowest BCUT2D eigenvalue weighted by Crippen LogP contribution is -2.49. The Balaban J connectivity index is 1.45. The molecule has 1 amide bonds. The van der Waals surface area contributed by atoms with E-state index in [4.69, 9.17) is 0 Å². The molecule has 0 unspecified atom stereocenters. The average molecular weight is 317 g/mol. The number of hydrogen-bond donors (Lipinski definition) is 2. The molecule has 0 aliphatic carbocycles. The summed E-state index contributed by atoms with van der Waals surface area (Å²) in [5.41, 5.74) is 2.77. The minimum atomic E-state index is 0.0621. The highest BCUT2D eigenvalue weighted by Gasteiger charge is 2.28. The van der Waals surface area contributed by atoms with E-state index in [1.807, 2.05) is 4.90 Å². The van der Waals surface area contributed by atoms with E-state index < -0.39 is 0 Å². The topological polar surface area (TPSA) is 64.3 Å². The van der Waals surface area contributed by atoms with Crippen molar-refractivity contribution in [3.05, 3.63) is 34.5 Å². The van der Waals surface area contributed by atoms with Crippen molar-refractivity contribution in [2.45, 2.75) is 13.0 Å². The van der Waals surface area contributed by atoms with E-state index >= 15 is 0 Å². The Kier molecular flexibility index (Phi) is 3.59. The summed E-state index contributed by atoms with van der Waals surface area (Å²) < 4.78 is 0. The van der Waals surface area contributed by atoms with Crippen LogP contribution in [0.3, 0.4) is 0 Å². The summed E-state index contributed by atoms with van der Waals surface area (Å²) in [6.07, 6.45) is 0.918. The van der Waals surface area contributed by atoms with Crippen LogP contribution in [-0.2, 0) is 13.0 Å². The van der Waals surface area contributed by atoms with Crippen molar-refractivity contribution in [2.75, 3.05) is 37.6 Å². The maximum atomic E-state index is 12.7. The van der Waals surface area contributed by atoms with Crippen molar-refractivity contribution >= 4 is 22.2 Å². The molecule has 1 fully saturated rings. The summed E-state index contributed by atoms with van der Waals surface area (Å²) in [6, 6.07) is 4.21. The fourth-order valence-corrected chi connectivity index (χ4v) is 3.92. The van der Waals surface area contributed by atoms with Gasteiger partial charge in [0, 0.05) is 56.9 Å². The number of fused-ring (bicyclic) bond motifs is 1. The summed E-state index contributed by atoms with van der Waals surface area (Å²) in [7, 11) is 0. The van der Waals surface area contributed by atoms with Crippen LogP contribution in [0.2, 0.25) is 0 Å². The molecule has 1 saturated heterocycles. The Hall–Kier alpha value is -1.86. The highest BCUT2D eigenvalue weighted by Crippen LogP contribution is 2.23. The zero-order valence-corrected chi connectivity index (χ0v) is 13.2. The second kappa shape index (κ2) is 5.73. The van der Waals surface area contributed by atoms with Crippen LogP contribution in [0.4, 0.5) is 5.00 Å². The molecule has 2 aromatic rings. The lowest BCUT2D eigenvalue weighted by molar-refractivity contribution is 0.0739. The highest BCUT2D eigenvalue weighted by atomic mass is 32.1. The van der Waals surface area contributed by atoms with Crippen LogP contribution in [0.1, 0.15) is 21.7 Å². The number of carbonyl (C=O) groups is 1. The molecule has 0 spiro atoms. The second-order valence-electron chi connectivity index (χ2n) is 5.69. The molecular formula is C15H19N5OS. The molecule has 2 aliphatic rings. The van der Waals surface area contributed by atoms with Gasteiger partial charge in [0.15, 0.2) is 5.69 Å². The standard InChI is InChI=1S/C15H19N5OS/c21-15(14-11-10-16-4-3-12(11)17-18-14)20-7-5-19(6-8-20)13-2-1-9-22-13/h1-2,9,16H,3-8,10H2,(H,17,18). The lowest BCUT2D eigenvalue weighted by atomic mass is 10.1. The van der Waals surface area contributed by atoms with E-state index in [-0.39, 0.29) is 5.91 Å². The average Bonchev–Trinajstić information content (AvgIpc) is 3.24. The summed E-state index contributed by atoms with van der Waals surface area (Å²) >= 11 is 1.75. The number of aromatic amines is 1. The smallest absolute Gasteiger partial charge is 0.274 e. The molecule has 4 rings (SSSR count). The molecule has 0 bridgehead atoms. The van der Waals surface area contributed by atoms with Crippen molar-refractivity contribution in [1.82, 2.24) is 20.4 Å². The minimum absolute atomic E-state index is 0.0621. The normalized spacial score (nSPS) is 18.4. The van der Waals surface area contributed by atoms with Crippen LogP contribution in [0.25, 0.3) is 0 Å². The number of nitrogens with zero attached hydrogens (tertiary/aromatic N) is 3. The van der Waals surface area contributed by atoms with Gasteiger partial charge in [-0.05, 0) is 17.5 Å². The van der Waals surface area contributed by atoms with Crippen molar-refractivity contribution in [3.63, 3.8) is 0 Å². The largest absolute Gasteiger partial charge is 0.360 e. The van der Waals surface area contributed by atoms with Crippen LogP contribution in [0, 0.1) is 0 Å². The summed E-state index contributed by atoms with van der Waals surface area (Å²) in [5.74, 6) is 0.0621. The molecular weight excluding hydrogens is 298 g/mol. The molecule has 2 aliphatic heterocycles. The molecule has 0 radical (unpaired) electrons. The first-order chi connectivity index (χ1) is 10.8. The Morgan fingerprint density at radius 2 is 2.14 bits per heavy atom. The van der Waals surface area contributed by atoms with Gasteiger partial charge in [-0.15, -0.1) is 11.3 Å². The fourth-order valence-electron chi connectivity index (χ4n) is 3.13. The van der Waals surface area contributed by atoms with Crippen LogP contribution in [0.15, 0.2) is 17.5 Å². The first-order valence-corrected chi connectivity index (χ1v) is 8.55. The van der Waals surface area contributed by atoms with Gasteiger partial charge in [-0.25, -0.2) is 0 Å². The minimum Gasteiger partial charge on any atom is -0.360 e. The van der Waals surface area contributed by atoms with Crippen LogP contribution in [0.5, 0.6) is 0 Å². The maximum absolute atomic E-state index is 12.7. The number of nitrogens with one attached hydrogen (secondary N) is 2. The number of amides is 1. The van der Waals surface area contributed by atoms with E-state index in [1.165, 1.54) is 5.00 Å². The van der Waals surface area contributed by atoms with Gasteiger partial charge in [0.25, 0.3) is 5.91 Å². The Labute approximate surface area is 133 Å². The van der Waals surface area contributed by atoms with Crippen molar-refractivity contribution in [3.8, 4) is 0 Å². The van der Waals surface area contributed by atoms with Crippen LogP contribution in [-0.4, -0.2) is 53.7 Å². The van der Waals surface area contributed by atoms with Crippen molar-refractivity contribution in [1.29, 1.82) is 0 Å². The van der Waals surface area contributed by atoms with E-state index in [0.29, 0.717) is 5.69 Å². The zero-order valence-electron chi connectivity index (χ0n) is 12.3.